The smallest absolute Gasteiger partial charge is 0.335 e. The molecule has 0 bridgehead atoms. The highest BCUT2D eigenvalue weighted by Crippen LogP contribution is 2.40. The molecular weight excluding hydrogens is 334 g/mol. The van der Waals surface area contributed by atoms with Crippen LogP contribution in [0.2, 0.25) is 5.02 Å². The zero-order valence-electron chi connectivity index (χ0n) is 13.6. The average Bonchev–Trinajstić information content (AvgIpc) is 2.59. The first-order valence-electron chi connectivity index (χ1n) is 7.06. The number of carbonyl (C=O) groups is 1. The van der Waals surface area contributed by atoms with Gasteiger partial charge in [-0.05, 0) is 30.3 Å². The molecule has 0 heterocycles. The van der Waals surface area contributed by atoms with Crippen LogP contribution in [0.5, 0.6) is 17.2 Å². The van der Waals surface area contributed by atoms with Gasteiger partial charge < -0.3 is 24.6 Å². The summed E-state index contributed by atoms with van der Waals surface area (Å²) in [5.74, 6) is 0.571. The number of benzene rings is 2. The molecule has 2 aromatic carbocycles. The van der Waals surface area contributed by atoms with Crippen LogP contribution < -0.4 is 19.5 Å². The van der Waals surface area contributed by atoms with Gasteiger partial charge in [0.15, 0.2) is 11.5 Å². The number of hydrogen-bond donors (Lipinski definition) is 2. The summed E-state index contributed by atoms with van der Waals surface area (Å²) < 4.78 is 16.0. The van der Waals surface area contributed by atoms with Crippen LogP contribution in [-0.2, 0) is 6.54 Å². The molecule has 128 valence electrons. The van der Waals surface area contributed by atoms with Crippen LogP contribution in [0.25, 0.3) is 0 Å². The van der Waals surface area contributed by atoms with E-state index in [0.717, 1.165) is 5.56 Å². The summed E-state index contributed by atoms with van der Waals surface area (Å²) in [7, 11) is 4.62. The standard InChI is InChI=1S/C17H18ClNO5/c1-22-14-7-5-11(15(23-2)16(14)24-3)9-19-13-8-10(17(20)21)4-6-12(13)18/h4-8,19H,9H2,1-3H3,(H,20,21). The van der Waals surface area contributed by atoms with Gasteiger partial charge in [0, 0.05) is 12.1 Å². The van der Waals surface area contributed by atoms with E-state index in [-0.39, 0.29) is 5.56 Å². The van der Waals surface area contributed by atoms with Crippen LogP contribution in [0.4, 0.5) is 5.69 Å². The molecule has 0 fully saturated rings. The van der Waals surface area contributed by atoms with Crippen molar-refractivity contribution >= 4 is 23.3 Å². The molecule has 0 aliphatic rings. The number of rotatable bonds is 7. The van der Waals surface area contributed by atoms with E-state index in [9.17, 15) is 4.79 Å². The van der Waals surface area contributed by atoms with Crippen molar-refractivity contribution < 1.29 is 24.1 Å². The molecule has 24 heavy (non-hydrogen) atoms. The highest BCUT2D eigenvalue weighted by molar-refractivity contribution is 6.33. The lowest BCUT2D eigenvalue weighted by Gasteiger charge is -2.17. The van der Waals surface area contributed by atoms with Crippen molar-refractivity contribution in [2.24, 2.45) is 0 Å². The van der Waals surface area contributed by atoms with Crippen LogP contribution in [0.1, 0.15) is 15.9 Å². The lowest BCUT2D eigenvalue weighted by molar-refractivity contribution is 0.0697. The Morgan fingerprint density at radius 2 is 1.79 bits per heavy atom. The number of ether oxygens (including phenoxy) is 3. The van der Waals surface area contributed by atoms with Gasteiger partial charge in [0.05, 0.1) is 37.6 Å². The molecule has 2 rings (SSSR count). The molecule has 0 aliphatic carbocycles. The molecule has 6 nitrogen and oxygen atoms in total. The molecule has 0 unspecified atom stereocenters. The van der Waals surface area contributed by atoms with Crippen molar-refractivity contribution in [3.8, 4) is 17.2 Å². The maximum atomic E-state index is 11.1. The molecule has 0 saturated heterocycles. The first-order chi connectivity index (χ1) is 11.5. The van der Waals surface area contributed by atoms with Gasteiger partial charge in [-0.2, -0.15) is 0 Å². The Hall–Kier alpha value is -2.60. The molecule has 0 saturated carbocycles. The Balaban J connectivity index is 2.29. The van der Waals surface area contributed by atoms with Crippen molar-refractivity contribution in [3.63, 3.8) is 0 Å². The third-order valence-corrected chi connectivity index (χ3v) is 3.80. The first kappa shape index (κ1) is 17.7. The van der Waals surface area contributed by atoms with Gasteiger partial charge in [0.2, 0.25) is 5.75 Å². The summed E-state index contributed by atoms with van der Waals surface area (Å²) in [6, 6.07) is 8.08. The Bertz CT molecular complexity index is 748. The van der Waals surface area contributed by atoms with E-state index >= 15 is 0 Å². The van der Waals surface area contributed by atoms with E-state index in [4.69, 9.17) is 30.9 Å². The average molecular weight is 352 g/mol. The van der Waals surface area contributed by atoms with Crippen molar-refractivity contribution in [2.45, 2.75) is 6.54 Å². The third kappa shape index (κ3) is 3.65. The topological polar surface area (TPSA) is 77.0 Å². The zero-order chi connectivity index (χ0) is 17.7. The van der Waals surface area contributed by atoms with Crippen LogP contribution in [0.15, 0.2) is 30.3 Å². The highest BCUT2D eigenvalue weighted by Gasteiger charge is 2.16. The molecule has 0 atom stereocenters. The van der Waals surface area contributed by atoms with Crippen LogP contribution in [0, 0.1) is 0 Å². The second kappa shape index (κ2) is 7.79. The molecule has 0 amide bonds. The second-order valence-electron chi connectivity index (χ2n) is 4.85. The third-order valence-electron chi connectivity index (χ3n) is 3.47. The van der Waals surface area contributed by atoms with Gasteiger partial charge in [-0.25, -0.2) is 4.79 Å². The van der Waals surface area contributed by atoms with Crippen molar-refractivity contribution in [2.75, 3.05) is 26.6 Å². The SMILES string of the molecule is COc1ccc(CNc2cc(C(=O)O)ccc2Cl)c(OC)c1OC. The van der Waals surface area contributed by atoms with Crippen LogP contribution in [-0.4, -0.2) is 32.4 Å². The Morgan fingerprint density at radius 3 is 2.38 bits per heavy atom. The molecule has 2 N–H and O–H groups in total. The fourth-order valence-electron chi connectivity index (χ4n) is 2.29. The largest absolute Gasteiger partial charge is 0.493 e. The maximum absolute atomic E-state index is 11.1. The number of hydrogen-bond acceptors (Lipinski definition) is 5. The summed E-state index contributed by atoms with van der Waals surface area (Å²) in [6.45, 7) is 0.367. The fourth-order valence-corrected chi connectivity index (χ4v) is 2.47. The van der Waals surface area contributed by atoms with Crippen molar-refractivity contribution in [1.82, 2.24) is 0 Å². The Labute approximate surface area is 144 Å². The van der Waals surface area contributed by atoms with E-state index in [1.807, 2.05) is 6.07 Å². The number of aromatic carboxylic acids is 1. The monoisotopic (exact) mass is 351 g/mol. The number of carboxylic acid groups (broad SMARTS) is 1. The number of methoxy groups -OCH3 is 3. The van der Waals surface area contributed by atoms with Crippen LogP contribution >= 0.6 is 11.6 Å². The zero-order valence-corrected chi connectivity index (χ0v) is 14.3. The lowest BCUT2D eigenvalue weighted by atomic mass is 10.1. The van der Waals surface area contributed by atoms with Gasteiger partial charge in [-0.3, -0.25) is 0 Å². The van der Waals surface area contributed by atoms with Gasteiger partial charge in [0.1, 0.15) is 0 Å². The molecule has 0 radical (unpaired) electrons. The summed E-state index contributed by atoms with van der Waals surface area (Å²) in [6.07, 6.45) is 0. The quantitative estimate of drug-likeness (QED) is 0.792. The van der Waals surface area contributed by atoms with Gasteiger partial charge >= 0.3 is 5.97 Å². The summed E-state index contributed by atoms with van der Waals surface area (Å²) in [5, 5.41) is 12.6. The molecule has 0 aliphatic heterocycles. The van der Waals surface area contributed by atoms with E-state index in [2.05, 4.69) is 5.32 Å². The Kier molecular flexibility index (Phi) is 5.76. The molecule has 0 aromatic heterocycles. The number of halogens is 1. The summed E-state index contributed by atoms with van der Waals surface area (Å²) in [4.78, 5) is 11.1. The number of nitrogens with one attached hydrogen (secondary N) is 1. The minimum atomic E-state index is -1.02. The van der Waals surface area contributed by atoms with E-state index in [1.165, 1.54) is 19.2 Å². The number of anilines is 1. The van der Waals surface area contributed by atoms with Gasteiger partial charge in [-0.1, -0.05) is 11.6 Å². The predicted molar refractivity (Wildman–Crippen MR) is 91.8 cm³/mol. The second-order valence-corrected chi connectivity index (χ2v) is 5.25. The lowest BCUT2D eigenvalue weighted by Crippen LogP contribution is -2.05. The van der Waals surface area contributed by atoms with E-state index in [1.54, 1.807) is 26.4 Å². The molecular formula is C17H18ClNO5. The van der Waals surface area contributed by atoms with Crippen molar-refractivity contribution in [3.05, 3.63) is 46.5 Å². The normalized spacial score (nSPS) is 10.2. The predicted octanol–water partition coefficient (Wildman–Crippen LogP) is 3.68. The molecule has 0 spiro atoms. The molecule has 2 aromatic rings. The summed E-state index contributed by atoms with van der Waals surface area (Å²) >= 11 is 6.12. The van der Waals surface area contributed by atoms with Crippen molar-refractivity contribution in [1.29, 1.82) is 0 Å². The van der Waals surface area contributed by atoms with E-state index < -0.39 is 5.97 Å². The highest BCUT2D eigenvalue weighted by atomic mass is 35.5. The first-order valence-corrected chi connectivity index (χ1v) is 7.44. The van der Waals surface area contributed by atoms with E-state index in [0.29, 0.717) is 34.5 Å². The summed E-state index contributed by atoms with van der Waals surface area (Å²) in [5.41, 5.74) is 1.49. The minimum absolute atomic E-state index is 0.154. The fraction of sp³-hybridized carbons (Fsp3) is 0.235. The van der Waals surface area contributed by atoms with Crippen LogP contribution in [0.3, 0.4) is 0 Å². The molecule has 7 heteroatoms. The number of carboxylic acids is 1. The van der Waals surface area contributed by atoms with Gasteiger partial charge in [0.25, 0.3) is 0 Å². The Morgan fingerprint density at radius 1 is 1.08 bits per heavy atom. The van der Waals surface area contributed by atoms with Gasteiger partial charge in [-0.15, -0.1) is 0 Å². The minimum Gasteiger partial charge on any atom is -0.493 e. The maximum Gasteiger partial charge on any atom is 0.335 e.